The SMILES string of the molecule is CC[C@@H]1OC(=O)[C@H](C)C(=O)[C@@H](C)[C@H](O[C@@H]2O[C@H](C)C[C@H](N(C)C)[C@@H]2OC(C)=O)C(C)(OC)C[C@H](C)C(=O)[C@H](C)[C@H]2N(C3CN(C(c4ccccc4)c4ccccc4)C3)C(=O)OC12C. The Morgan fingerprint density at radius 3 is 2.00 bits per heavy atom. The van der Waals surface area contributed by atoms with Gasteiger partial charge in [-0.2, -0.15) is 0 Å². The van der Waals surface area contributed by atoms with Crippen molar-refractivity contribution in [2.24, 2.45) is 23.7 Å². The molecule has 14 nitrogen and oxygen atoms in total. The van der Waals surface area contributed by atoms with Gasteiger partial charge >= 0.3 is 18.0 Å². The van der Waals surface area contributed by atoms with Crippen LogP contribution < -0.4 is 0 Å². The fourth-order valence-electron chi connectivity index (χ4n) is 10.8. The topological polar surface area (TPSA) is 150 Å². The Kier molecular flexibility index (Phi) is 14.9. The van der Waals surface area contributed by atoms with Gasteiger partial charge in [0.15, 0.2) is 23.8 Å². The van der Waals surface area contributed by atoms with E-state index in [2.05, 4.69) is 29.2 Å². The predicted octanol–water partition coefficient (Wildman–Crippen LogP) is 6.23. The van der Waals surface area contributed by atoms with E-state index in [1.165, 1.54) is 21.0 Å². The maximum Gasteiger partial charge on any atom is 0.411 e. The minimum Gasteiger partial charge on any atom is -0.458 e. The third-order valence-electron chi connectivity index (χ3n) is 14.3. The number of hydrogen-bond donors (Lipinski definition) is 0. The number of benzene rings is 2. The predicted molar refractivity (Wildman–Crippen MR) is 234 cm³/mol. The number of likely N-dealkylation sites (tertiary alicyclic amines) is 1. The molecule has 13 atom stereocenters. The van der Waals surface area contributed by atoms with Crippen LogP contribution in [0.1, 0.15) is 98.7 Å². The zero-order valence-electron chi connectivity index (χ0n) is 39.1. The molecule has 0 bridgehead atoms. The van der Waals surface area contributed by atoms with Crippen LogP contribution in [-0.2, 0) is 47.6 Å². The van der Waals surface area contributed by atoms with E-state index in [0.29, 0.717) is 19.5 Å². The number of likely N-dealkylation sites (N-methyl/N-ethyl adjacent to an activating group) is 1. The van der Waals surface area contributed by atoms with Crippen molar-refractivity contribution in [3.63, 3.8) is 0 Å². The minimum atomic E-state index is -1.44. The number of rotatable bonds is 10. The van der Waals surface area contributed by atoms with Crippen molar-refractivity contribution in [1.29, 1.82) is 0 Å². The Morgan fingerprint density at radius 2 is 1.48 bits per heavy atom. The van der Waals surface area contributed by atoms with Crippen molar-refractivity contribution in [2.45, 2.75) is 148 Å². The van der Waals surface area contributed by atoms with Crippen molar-refractivity contribution in [1.82, 2.24) is 14.7 Å². The summed E-state index contributed by atoms with van der Waals surface area (Å²) in [6, 6.07) is 19.0. The summed E-state index contributed by atoms with van der Waals surface area (Å²) in [6.07, 6.45) is -4.01. The van der Waals surface area contributed by atoms with Crippen LogP contribution in [0.2, 0.25) is 0 Å². The number of methoxy groups -OCH3 is 1. The zero-order chi connectivity index (χ0) is 46.1. The molecule has 4 saturated heterocycles. The molecule has 0 aromatic heterocycles. The fourth-order valence-corrected chi connectivity index (χ4v) is 10.8. The molecule has 14 heteroatoms. The lowest BCUT2D eigenvalue weighted by Gasteiger charge is -2.50. The van der Waals surface area contributed by atoms with Crippen molar-refractivity contribution < 1.29 is 52.4 Å². The summed E-state index contributed by atoms with van der Waals surface area (Å²) in [5, 5.41) is 0. The van der Waals surface area contributed by atoms with E-state index in [-0.39, 0.29) is 42.9 Å². The number of amides is 1. The van der Waals surface area contributed by atoms with Crippen LogP contribution in [-0.4, -0.2) is 139 Å². The van der Waals surface area contributed by atoms with E-state index < -0.39 is 89.3 Å². The number of ketones is 2. The van der Waals surface area contributed by atoms with Gasteiger partial charge in [0, 0.05) is 44.9 Å². The highest BCUT2D eigenvalue weighted by Gasteiger charge is 2.63. The highest BCUT2D eigenvalue weighted by atomic mass is 16.7. The Labute approximate surface area is 373 Å². The number of fused-ring (bicyclic) bond motifs is 1. The van der Waals surface area contributed by atoms with Gasteiger partial charge in [0.2, 0.25) is 0 Å². The molecule has 0 radical (unpaired) electrons. The third-order valence-corrected chi connectivity index (χ3v) is 14.3. The smallest absolute Gasteiger partial charge is 0.411 e. The van der Waals surface area contributed by atoms with Gasteiger partial charge in [-0.25, -0.2) is 4.79 Å². The first kappa shape index (κ1) is 48.3. The molecule has 1 amide bonds. The molecule has 4 aliphatic rings. The Bertz CT molecular complexity index is 1900. The molecule has 346 valence electrons. The molecule has 4 fully saturated rings. The first-order valence-electron chi connectivity index (χ1n) is 22.6. The molecule has 0 aliphatic carbocycles. The second-order valence-corrected chi connectivity index (χ2v) is 19.0. The summed E-state index contributed by atoms with van der Waals surface area (Å²) in [7, 11) is 5.27. The standard InChI is InChI=1S/C49H69N3O11/c1-13-38-49(9)43(52(47(57)63-49)36-26-51(27-36)39(34-20-16-14-17-21-34)35-22-18-15-19-23-35)30(4)40(54)28(2)25-48(8,58-12)44(31(5)41(55)32(6)45(56)61-38)62-46-42(60-33(7)53)37(50(10)11)24-29(3)59-46/h14-23,28-32,36-39,42-44,46H,13,24-27H2,1-12H3/t28-,29+,30-,31+,32+,37-,38-,42-,43+,44-,46-,48?,49?/m0/s1. The molecule has 2 aromatic carbocycles. The summed E-state index contributed by atoms with van der Waals surface area (Å²) < 4.78 is 37.9. The number of nitrogens with zero attached hydrogens (tertiary/aromatic N) is 3. The van der Waals surface area contributed by atoms with Gasteiger partial charge in [0.25, 0.3) is 0 Å². The largest absolute Gasteiger partial charge is 0.458 e. The van der Waals surface area contributed by atoms with Gasteiger partial charge in [-0.3, -0.25) is 29.0 Å². The molecular weight excluding hydrogens is 807 g/mol. The van der Waals surface area contributed by atoms with E-state index >= 15 is 4.79 Å². The van der Waals surface area contributed by atoms with Gasteiger partial charge < -0.3 is 33.3 Å². The molecule has 4 heterocycles. The van der Waals surface area contributed by atoms with Crippen LogP contribution in [0.25, 0.3) is 0 Å². The quantitative estimate of drug-likeness (QED) is 0.151. The van der Waals surface area contributed by atoms with Gasteiger partial charge in [-0.05, 0) is 72.2 Å². The molecular formula is C49H69N3O11. The molecule has 0 saturated carbocycles. The maximum absolute atomic E-state index is 15.1. The molecule has 0 spiro atoms. The van der Waals surface area contributed by atoms with Gasteiger partial charge in [0.05, 0.1) is 42.0 Å². The van der Waals surface area contributed by atoms with E-state index in [9.17, 15) is 19.2 Å². The summed E-state index contributed by atoms with van der Waals surface area (Å²) in [5.74, 6) is -5.64. The fraction of sp³-hybridized carbons (Fsp3) is 0.653. The summed E-state index contributed by atoms with van der Waals surface area (Å²) in [5.41, 5.74) is -0.511. The number of Topliss-reactive ketones (excluding diaryl/α,β-unsaturated/α-hetero) is 2. The molecule has 4 aliphatic heterocycles. The molecule has 2 unspecified atom stereocenters. The first-order chi connectivity index (χ1) is 29.8. The summed E-state index contributed by atoms with van der Waals surface area (Å²) in [6.45, 7) is 16.4. The van der Waals surface area contributed by atoms with Crippen molar-refractivity contribution >= 4 is 29.6 Å². The maximum atomic E-state index is 15.1. The Morgan fingerprint density at radius 1 is 0.889 bits per heavy atom. The van der Waals surface area contributed by atoms with Crippen molar-refractivity contribution in [3.05, 3.63) is 71.8 Å². The highest BCUT2D eigenvalue weighted by Crippen LogP contribution is 2.46. The molecule has 63 heavy (non-hydrogen) atoms. The summed E-state index contributed by atoms with van der Waals surface area (Å²) >= 11 is 0. The van der Waals surface area contributed by atoms with Gasteiger partial charge in [0.1, 0.15) is 17.8 Å². The van der Waals surface area contributed by atoms with E-state index in [4.69, 9.17) is 28.4 Å². The van der Waals surface area contributed by atoms with Crippen LogP contribution in [0, 0.1) is 23.7 Å². The zero-order valence-corrected chi connectivity index (χ0v) is 39.1. The second kappa shape index (κ2) is 19.5. The second-order valence-electron chi connectivity index (χ2n) is 19.0. The molecule has 6 rings (SSSR count). The highest BCUT2D eigenvalue weighted by molar-refractivity contribution is 6.00. The lowest BCUT2D eigenvalue weighted by molar-refractivity contribution is -0.298. The lowest BCUT2D eigenvalue weighted by Crippen LogP contribution is -2.66. The first-order valence-corrected chi connectivity index (χ1v) is 22.6. The van der Waals surface area contributed by atoms with Crippen LogP contribution in [0.15, 0.2) is 60.7 Å². The molecule has 2 aromatic rings. The van der Waals surface area contributed by atoms with Gasteiger partial charge in [-0.15, -0.1) is 0 Å². The van der Waals surface area contributed by atoms with Crippen LogP contribution in [0.4, 0.5) is 4.79 Å². The number of carbonyl (C=O) groups excluding carboxylic acids is 5. The Balaban J connectivity index is 1.36. The average molecular weight is 876 g/mol. The number of cyclic esters (lactones) is 1. The number of carbonyl (C=O) groups is 5. The van der Waals surface area contributed by atoms with Crippen LogP contribution in [0.5, 0.6) is 0 Å². The van der Waals surface area contributed by atoms with E-state index in [0.717, 1.165) is 11.1 Å². The van der Waals surface area contributed by atoms with Crippen molar-refractivity contribution in [2.75, 3.05) is 34.3 Å². The Hall–Kier alpha value is -4.21. The number of ether oxygens (including phenoxy) is 6. The van der Waals surface area contributed by atoms with Crippen LogP contribution in [0.3, 0.4) is 0 Å². The van der Waals surface area contributed by atoms with E-state index in [1.807, 2.05) is 83.1 Å². The van der Waals surface area contributed by atoms with E-state index in [1.54, 1.807) is 25.7 Å². The number of esters is 2. The normalized spacial score (nSPS) is 36.3. The lowest BCUT2D eigenvalue weighted by atomic mass is 9.73. The third kappa shape index (κ3) is 9.61. The average Bonchev–Trinajstić information content (AvgIpc) is 3.51. The number of hydrogen-bond acceptors (Lipinski definition) is 13. The molecule has 0 N–H and O–H groups in total. The van der Waals surface area contributed by atoms with Crippen LogP contribution >= 0.6 is 0 Å². The monoisotopic (exact) mass is 875 g/mol. The van der Waals surface area contributed by atoms with Crippen molar-refractivity contribution in [3.8, 4) is 0 Å². The minimum absolute atomic E-state index is 0.0651. The van der Waals surface area contributed by atoms with Gasteiger partial charge in [-0.1, -0.05) is 88.4 Å². The summed E-state index contributed by atoms with van der Waals surface area (Å²) in [4.78, 5) is 76.6.